The van der Waals surface area contributed by atoms with E-state index in [2.05, 4.69) is 12.2 Å². The Labute approximate surface area is 105 Å². The Morgan fingerprint density at radius 1 is 1.41 bits per heavy atom. The smallest absolute Gasteiger partial charge is 0.105 e. The van der Waals surface area contributed by atoms with Crippen LogP contribution in [0.5, 0.6) is 0 Å². The first-order chi connectivity index (χ1) is 8.36. The minimum absolute atomic E-state index is 0.501. The molecule has 0 bridgehead atoms. The molecule has 0 radical (unpaired) electrons. The SMILES string of the molecule is CCCNC(CCCOCC)Cc1ccco1. The van der Waals surface area contributed by atoms with Crippen LogP contribution in [0.4, 0.5) is 0 Å². The van der Waals surface area contributed by atoms with E-state index >= 15 is 0 Å². The molecule has 1 heterocycles. The van der Waals surface area contributed by atoms with Crippen molar-refractivity contribution in [2.24, 2.45) is 0 Å². The van der Waals surface area contributed by atoms with Gasteiger partial charge in [0, 0.05) is 25.7 Å². The van der Waals surface area contributed by atoms with E-state index in [9.17, 15) is 0 Å². The number of hydrogen-bond acceptors (Lipinski definition) is 3. The standard InChI is InChI=1S/C14H25NO2/c1-3-9-15-13(7-5-10-16-4-2)12-14-8-6-11-17-14/h6,8,11,13,15H,3-5,7,9-10,12H2,1-2H3. The Bertz CT molecular complexity index is 259. The van der Waals surface area contributed by atoms with E-state index in [1.807, 2.05) is 19.1 Å². The summed E-state index contributed by atoms with van der Waals surface area (Å²) in [4.78, 5) is 0. The average molecular weight is 239 g/mol. The summed E-state index contributed by atoms with van der Waals surface area (Å²) in [6.07, 6.45) is 6.13. The summed E-state index contributed by atoms with van der Waals surface area (Å²) < 4.78 is 10.8. The lowest BCUT2D eigenvalue weighted by atomic mass is 10.1. The zero-order chi connectivity index (χ0) is 12.3. The molecule has 0 amide bonds. The van der Waals surface area contributed by atoms with Gasteiger partial charge in [0.1, 0.15) is 5.76 Å². The zero-order valence-electron chi connectivity index (χ0n) is 11.1. The third kappa shape index (κ3) is 6.49. The summed E-state index contributed by atoms with van der Waals surface area (Å²) in [5, 5.41) is 3.57. The molecule has 1 atom stereocenters. The summed E-state index contributed by atoms with van der Waals surface area (Å²) >= 11 is 0. The third-order valence-electron chi connectivity index (χ3n) is 2.76. The van der Waals surface area contributed by atoms with Gasteiger partial charge in [0.2, 0.25) is 0 Å². The van der Waals surface area contributed by atoms with E-state index in [1.165, 1.54) is 6.42 Å². The molecule has 0 saturated heterocycles. The molecular weight excluding hydrogens is 214 g/mol. The molecule has 1 N–H and O–H groups in total. The summed E-state index contributed by atoms with van der Waals surface area (Å²) in [6.45, 7) is 6.97. The number of hydrogen-bond donors (Lipinski definition) is 1. The van der Waals surface area contributed by atoms with Crippen molar-refractivity contribution < 1.29 is 9.15 Å². The number of rotatable bonds is 10. The molecule has 1 aromatic rings. The van der Waals surface area contributed by atoms with Crippen LogP contribution in [-0.4, -0.2) is 25.8 Å². The molecule has 1 rings (SSSR count). The van der Waals surface area contributed by atoms with Crippen LogP contribution in [0.25, 0.3) is 0 Å². The van der Waals surface area contributed by atoms with Gasteiger partial charge < -0.3 is 14.5 Å². The van der Waals surface area contributed by atoms with Crippen molar-refractivity contribution in [1.82, 2.24) is 5.32 Å². The number of furan rings is 1. The highest BCUT2D eigenvalue weighted by atomic mass is 16.5. The fourth-order valence-corrected chi connectivity index (χ4v) is 1.87. The van der Waals surface area contributed by atoms with Crippen LogP contribution in [0.1, 0.15) is 38.9 Å². The van der Waals surface area contributed by atoms with Gasteiger partial charge in [-0.25, -0.2) is 0 Å². The van der Waals surface area contributed by atoms with Crippen molar-refractivity contribution in [1.29, 1.82) is 0 Å². The van der Waals surface area contributed by atoms with E-state index < -0.39 is 0 Å². The molecule has 0 spiro atoms. The second-order valence-electron chi connectivity index (χ2n) is 4.27. The topological polar surface area (TPSA) is 34.4 Å². The van der Waals surface area contributed by atoms with Crippen LogP contribution in [0.15, 0.2) is 22.8 Å². The Kier molecular flexibility index (Phi) is 7.76. The molecule has 0 aliphatic rings. The minimum atomic E-state index is 0.501. The summed E-state index contributed by atoms with van der Waals surface area (Å²) in [6, 6.07) is 4.50. The molecule has 1 aromatic heterocycles. The minimum Gasteiger partial charge on any atom is -0.469 e. The van der Waals surface area contributed by atoms with Gasteiger partial charge in [-0.1, -0.05) is 6.92 Å². The summed E-state index contributed by atoms with van der Waals surface area (Å²) in [7, 11) is 0. The average Bonchev–Trinajstić information content (AvgIpc) is 2.84. The quantitative estimate of drug-likeness (QED) is 0.637. The predicted molar refractivity (Wildman–Crippen MR) is 70.2 cm³/mol. The molecule has 0 fully saturated rings. The zero-order valence-corrected chi connectivity index (χ0v) is 11.1. The van der Waals surface area contributed by atoms with Gasteiger partial charge >= 0.3 is 0 Å². The van der Waals surface area contributed by atoms with E-state index in [4.69, 9.17) is 9.15 Å². The number of nitrogens with one attached hydrogen (secondary N) is 1. The van der Waals surface area contributed by atoms with Crippen molar-refractivity contribution in [3.05, 3.63) is 24.2 Å². The van der Waals surface area contributed by atoms with Crippen molar-refractivity contribution in [3.63, 3.8) is 0 Å². The molecule has 3 heteroatoms. The fourth-order valence-electron chi connectivity index (χ4n) is 1.87. The van der Waals surface area contributed by atoms with Crippen LogP contribution >= 0.6 is 0 Å². The van der Waals surface area contributed by atoms with E-state index in [0.29, 0.717) is 6.04 Å². The van der Waals surface area contributed by atoms with Crippen molar-refractivity contribution in [2.75, 3.05) is 19.8 Å². The Balaban J connectivity index is 2.26. The van der Waals surface area contributed by atoms with Gasteiger partial charge in [0.05, 0.1) is 6.26 Å². The Morgan fingerprint density at radius 2 is 2.29 bits per heavy atom. The lowest BCUT2D eigenvalue weighted by Crippen LogP contribution is -2.32. The van der Waals surface area contributed by atoms with Crippen molar-refractivity contribution >= 4 is 0 Å². The second kappa shape index (κ2) is 9.25. The second-order valence-corrected chi connectivity index (χ2v) is 4.27. The van der Waals surface area contributed by atoms with Gasteiger partial charge in [-0.2, -0.15) is 0 Å². The van der Waals surface area contributed by atoms with Crippen LogP contribution in [0.2, 0.25) is 0 Å². The Hall–Kier alpha value is -0.800. The third-order valence-corrected chi connectivity index (χ3v) is 2.76. The first-order valence-electron chi connectivity index (χ1n) is 6.70. The molecule has 0 saturated carbocycles. The molecular formula is C14H25NO2. The van der Waals surface area contributed by atoms with Crippen molar-refractivity contribution in [3.8, 4) is 0 Å². The van der Waals surface area contributed by atoms with Gasteiger partial charge in [0.25, 0.3) is 0 Å². The van der Waals surface area contributed by atoms with Crippen LogP contribution in [0, 0.1) is 0 Å². The van der Waals surface area contributed by atoms with Gasteiger partial charge in [-0.05, 0) is 44.9 Å². The molecule has 0 aliphatic heterocycles. The Morgan fingerprint density at radius 3 is 2.94 bits per heavy atom. The van der Waals surface area contributed by atoms with Gasteiger partial charge in [-0.15, -0.1) is 0 Å². The molecule has 3 nitrogen and oxygen atoms in total. The summed E-state index contributed by atoms with van der Waals surface area (Å²) in [5.74, 6) is 1.06. The first kappa shape index (κ1) is 14.3. The van der Waals surface area contributed by atoms with Gasteiger partial charge in [0.15, 0.2) is 0 Å². The monoisotopic (exact) mass is 239 g/mol. The lowest BCUT2D eigenvalue weighted by molar-refractivity contribution is 0.140. The van der Waals surface area contributed by atoms with E-state index in [1.54, 1.807) is 6.26 Å². The number of ether oxygens (including phenoxy) is 1. The molecule has 17 heavy (non-hydrogen) atoms. The fraction of sp³-hybridized carbons (Fsp3) is 0.714. The normalized spacial score (nSPS) is 12.8. The maximum Gasteiger partial charge on any atom is 0.105 e. The highest BCUT2D eigenvalue weighted by Crippen LogP contribution is 2.08. The van der Waals surface area contributed by atoms with E-state index in [0.717, 1.165) is 44.8 Å². The predicted octanol–water partition coefficient (Wildman–Crippen LogP) is 3.01. The maximum atomic E-state index is 5.40. The van der Waals surface area contributed by atoms with Crippen LogP contribution in [0.3, 0.4) is 0 Å². The molecule has 0 aromatic carbocycles. The van der Waals surface area contributed by atoms with Crippen molar-refractivity contribution in [2.45, 2.75) is 45.6 Å². The highest BCUT2D eigenvalue weighted by molar-refractivity contribution is 5.00. The largest absolute Gasteiger partial charge is 0.469 e. The van der Waals surface area contributed by atoms with Crippen LogP contribution < -0.4 is 5.32 Å². The maximum absolute atomic E-state index is 5.40. The van der Waals surface area contributed by atoms with Gasteiger partial charge in [-0.3, -0.25) is 0 Å². The lowest BCUT2D eigenvalue weighted by Gasteiger charge is -2.17. The summed E-state index contributed by atoms with van der Waals surface area (Å²) in [5.41, 5.74) is 0. The highest BCUT2D eigenvalue weighted by Gasteiger charge is 2.10. The van der Waals surface area contributed by atoms with E-state index in [-0.39, 0.29) is 0 Å². The molecule has 98 valence electrons. The first-order valence-corrected chi connectivity index (χ1v) is 6.70. The molecule has 0 aliphatic carbocycles. The molecule has 1 unspecified atom stereocenters. The van der Waals surface area contributed by atoms with Crippen LogP contribution in [-0.2, 0) is 11.2 Å².